The van der Waals surface area contributed by atoms with Gasteiger partial charge in [0.05, 0.1) is 5.56 Å². The van der Waals surface area contributed by atoms with E-state index in [4.69, 9.17) is 0 Å². The molecule has 1 heterocycles. The minimum atomic E-state index is -0.860. The zero-order valence-corrected chi connectivity index (χ0v) is 11.7. The molecule has 2 nitrogen and oxygen atoms in total. The van der Waals surface area contributed by atoms with E-state index in [1.807, 2.05) is 6.07 Å². The molecule has 20 heavy (non-hydrogen) atoms. The van der Waals surface area contributed by atoms with Crippen LogP contribution in [0.5, 0.6) is 0 Å². The molecule has 100 valence electrons. The van der Waals surface area contributed by atoms with Gasteiger partial charge < -0.3 is 4.98 Å². The van der Waals surface area contributed by atoms with Crippen LogP contribution in [0.4, 0.5) is 8.78 Å². The predicted molar refractivity (Wildman–Crippen MR) is 75.8 cm³/mol. The molecular formula is C15H8BrF2NO. The van der Waals surface area contributed by atoms with E-state index in [1.165, 1.54) is 6.20 Å². The number of nitrogens with one attached hydrogen (secondary N) is 1. The molecule has 0 saturated heterocycles. The second-order valence-electron chi connectivity index (χ2n) is 4.35. The number of aromatic nitrogens is 1. The van der Waals surface area contributed by atoms with Crippen molar-refractivity contribution in [1.29, 1.82) is 0 Å². The van der Waals surface area contributed by atoms with Crippen molar-refractivity contribution in [2.24, 2.45) is 0 Å². The lowest BCUT2D eigenvalue weighted by atomic mass is 10.0. The molecule has 2 aromatic carbocycles. The predicted octanol–water partition coefficient (Wildman–Crippen LogP) is 4.44. The lowest BCUT2D eigenvalue weighted by Crippen LogP contribution is -2.04. The molecule has 3 rings (SSSR count). The third-order valence-corrected chi connectivity index (χ3v) is 3.56. The van der Waals surface area contributed by atoms with Crippen molar-refractivity contribution in [2.45, 2.75) is 0 Å². The van der Waals surface area contributed by atoms with Gasteiger partial charge in [-0.1, -0.05) is 22.0 Å². The molecule has 0 saturated carbocycles. The Bertz CT molecular complexity index is 826. The average Bonchev–Trinajstić information content (AvgIpc) is 2.80. The summed E-state index contributed by atoms with van der Waals surface area (Å²) >= 11 is 3.34. The van der Waals surface area contributed by atoms with Gasteiger partial charge in [0.25, 0.3) is 0 Å². The lowest BCUT2D eigenvalue weighted by Gasteiger charge is -2.02. The van der Waals surface area contributed by atoms with Crippen molar-refractivity contribution in [3.63, 3.8) is 0 Å². The van der Waals surface area contributed by atoms with Crippen molar-refractivity contribution >= 4 is 32.6 Å². The Morgan fingerprint density at radius 1 is 1.05 bits per heavy atom. The molecule has 0 atom stereocenters. The summed E-state index contributed by atoms with van der Waals surface area (Å²) in [6.45, 7) is 0. The molecule has 0 aliphatic heterocycles. The molecule has 0 aliphatic rings. The quantitative estimate of drug-likeness (QED) is 0.690. The number of hydrogen-bond donors (Lipinski definition) is 1. The Morgan fingerprint density at radius 3 is 2.60 bits per heavy atom. The van der Waals surface area contributed by atoms with E-state index in [1.54, 1.807) is 12.1 Å². The maximum atomic E-state index is 13.7. The first-order chi connectivity index (χ1) is 9.56. The molecular weight excluding hydrogens is 328 g/mol. The highest BCUT2D eigenvalue weighted by Gasteiger charge is 2.18. The van der Waals surface area contributed by atoms with Gasteiger partial charge in [-0.2, -0.15) is 0 Å². The number of ketones is 1. The topological polar surface area (TPSA) is 32.9 Å². The molecule has 1 N–H and O–H groups in total. The number of hydrogen-bond acceptors (Lipinski definition) is 1. The summed E-state index contributed by atoms with van der Waals surface area (Å²) in [5.74, 6) is -2.04. The van der Waals surface area contributed by atoms with E-state index >= 15 is 0 Å². The van der Waals surface area contributed by atoms with E-state index in [-0.39, 0.29) is 5.56 Å². The number of H-pyrrole nitrogens is 1. The van der Waals surface area contributed by atoms with Crippen LogP contribution in [0.1, 0.15) is 15.9 Å². The van der Waals surface area contributed by atoms with Crippen molar-refractivity contribution in [3.8, 4) is 0 Å². The molecule has 3 aromatic rings. The van der Waals surface area contributed by atoms with Crippen LogP contribution < -0.4 is 0 Å². The minimum absolute atomic E-state index is 0.143. The molecule has 0 bridgehead atoms. The van der Waals surface area contributed by atoms with Crippen LogP contribution in [-0.2, 0) is 0 Å². The first-order valence-corrected chi connectivity index (χ1v) is 6.62. The van der Waals surface area contributed by atoms with Gasteiger partial charge in [-0.15, -0.1) is 0 Å². The zero-order chi connectivity index (χ0) is 14.3. The molecule has 0 spiro atoms. The van der Waals surface area contributed by atoms with Crippen molar-refractivity contribution < 1.29 is 13.6 Å². The van der Waals surface area contributed by atoms with Crippen molar-refractivity contribution in [3.05, 3.63) is 69.8 Å². The number of carbonyl (C=O) groups is 1. The molecule has 0 aliphatic carbocycles. The standard InChI is InChI=1S/C15H8BrF2NO/c16-8-1-3-10-12(7-19-14(10)5-8)15(20)11-4-2-9(17)6-13(11)18/h1-7,19H. The fourth-order valence-electron chi connectivity index (χ4n) is 2.10. The molecule has 0 amide bonds. The number of fused-ring (bicyclic) bond motifs is 1. The summed E-state index contributed by atoms with van der Waals surface area (Å²) in [4.78, 5) is 15.3. The van der Waals surface area contributed by atoms with Crippen molar-refractivity contribution in [2.75, 3.05) is 0 Å². The van der Waals surface area contributed by atoms with Gasteiger partial charge in [0.1, 0.15) is 11.6 Å². The first kappa shape index (κ1) is 13.0. The third kappa shape index (κ3) is 2.14. The van der Waals surface area contributed by atoms with Gasteiger partial charge in [-0.3, -0.25) is 4.79 Å². The normalized spacial score (nSPS) is 10.9. The van der Waals surface area contributed by atoms with Gasteiger partial charge in [-0.25, -0.2) is 8.78 Å². The maximum absolute atomic E-state index is 13.7. The fraction of sp³-hybridized carbons (Fsp3) is 0. The highest BCUT2D eigenvalue weighted by atomic mass is 79.9. The van der Waals surface area contributed by atoms with Gasteiger partial charge >= 0.3 is 0 Å². The molecule has 1 aromatic heterocycles. The molecule has 0 unspecified atom stereocenters. The van der Waals surface area contributed by atoms with Crippen LogP contribution in [0.3, 0.4) is 0 Å². The smallest absolute Gasteiger partial charge is 0.198 e. The minimum Gasteiger partial charge on any atom is -0.360 e. The van der Waals surface area contributed by atoms with Crippen LogP contribution in [0.25, 0.3) is 10.9 Å². The fourth-order valence-corrected chi connectivity index (χ4v) is 2.47. The summed E-state index contributed by atoms with van der Waals surface area (Å²) in [6, 6.07) is 8.33. The summed E-state index contributed by atoms with van der Waals surface area (Å²) < 4.78 is 27.4. The Balaban J connectivity index is 2.13. The van der Waals surface area contributed by atoms with Gasteiger partial charge in [0.15, 0.2) is 5.78 Å². The van der Waals surface area contributed by atoms with E-state index in [9.17, 15) is 13.6 Å². The number of rotatable bonds is 2. The Hall–Kier alpha value is -2.01. The first-order valence-electron chi connectivity index (χ1n) is 5.82. The molecule has 0 radical (unpaired) electrons. The van der Waals surface area contributed by atoms with E-state index in [2.05, 4.69) is 20.9 Å². The third-order valence-electron chi connectivity index (χ3n) is 3.06. The largest absolute Gasteiger partial charge is 0.360 e. The number of benzene rings is 2. The van der Waals surface area contributed by atoms with Gasteiger partial charge in [0.2, 0.25) is 0 Å². The second kappa shape index (κ2) is 4.83. The Morgan fingerprint density at radius 2 is 1.85 bits per heavy atom. The van der Waals surface area contributed by atoms with Crippen LogP contribution in [0.15, 0.2) is 47.1 Å². The molecule has 5 heteroatoms. The summed E-state index contributed by atoms with van der Waals surface area (Å²) in [7, 11) is 0. The van der Waals surface area contributed by atoms with E-state index < -0.39 is 17.4 Å². The SMILES string of the molecule is O=C(c1ccc(F)cc1F)c1c[nH]c2cc(Br)ccc12. The average molecular weight is 336 g/mol. The summed E-state index contributed by atoms with van der Waals surface area (Å²) in [5.41, 5.74) is 0.985. The van der Waals surface area contributed by atoms with E-state index in [0.29, 0.717) is 17.0 Å². The molecule has 0 fully saturated rings. The van der Waals surface area contributed by atoms with Gasteiger partial charge in [0, 0.05) is 33.2 Å². The van der Waals surface area contributed by atoms with Crippen molar-refractivity contribution in [1.82, 2.24) is 4.98 Å². The monoisotopic (exact) mass is 335 g/mol. The number of aromatic amines is 1. The lowest BCUT2D eigenvalue weighted by molar-refractivity contribution is 0.103. The number of halogens is 3. The van der Waals surface area contributed by atoms with Crippen LogP contribution in [0, 0.1) is 11.6 Å². The maximum Gasteiger partial charge on any atom is 0.198 e. The van der Waals surface area contributed by atoms with E-state index in [0.717, 1.165) is 22.1 Å². The summed E-state index contributed by atoms with van der Waals surface area (Å²) in [5, 5.41) is 0.696. The van der Waals surface area contributed by atoms with Crippen LogP contribution in [0.2, 0.25) is 0 Å². The Kier molecular flexibility index (Phi) is 3.14. The Labute approximate surface area is 121 Å². The van der Waals surface area contributed by atoms with Crippen LogP contribution in [-0.4, -0.2) is 10.8 Å². The second-order valence-corrected chi connectivity index (χ2v) is 5.26. The van der Waals surface area contributed by atoms with Crippen LogP contribution >= 0.6 is 15.9 Å². The zero-order valence-electron chi connectivity index (χ0n) is 10.1. The summed E-state index contributed by atoms with van der Waals surface area (Å²) in [6.07, 6.45) is 1.53. The highest BCUT2D eigenvalue weighted by Crippen LogP contribution is 2.25. The number of carbonyl (C=O) groups excluding carboxylic acids is 1. The highest BCUT2D eigenvalue weighted by molar-refractivity contribution is 9.10. The van der Waals surface area contributed by atoms with Gasteiger partial charge in [-0.05, 0) is 24.3 Å².